The first-order chi connectivity index (χ1) is 17.7. The molecule has 0 saturated heterocycles. The molecule has 1 N–H and O–H groups in total. The summed E-state index contributed by atoms with van der Waals surface area (Å²) in [5.74, 6) is -0.973. The Balaban J connectivity index is 1.74. The van der Waals surface area contributed by atoms with Crippen LogP contribution in [0.15, 0.2) is 77.6 Å². The van der Waals surface area contributed by atoms with E-state index >= 15 is 0 Å². The minimum atomic E-state index is -0.548. The van der Waals surface area contributed by atoms with Gasteiger partial charge in [0.15, 0.2) is 5.78 Å². The van der Waals surface area contributed by atoms with Gasteiger partial charge in [0, 0.05) is 29.8 Å². The summed E-state index contributed by atoms with van der Waals surface area (Å²) in [5.41, 5.74) is 3.10. The predicted molar refractivity (Wildman–Crippen MR) is 140 cm³/mol. The van der Waals surface area contributed by atoms with Crippen molar-refractivity contribution in [3.8, 4) is 16.9 Å². The van der Waals surface area contributed by atoms with E-state index in [1.54, 1.807) is 25.1 Å². The lowest BCUT2D eigenvalue weighted by Crippen LogP contribution is -2.37. The van der Waals surface area contributed by atoms with Crippen LogP contribution in [0, 0.1) is 24.0 Å². The molecule has 0 aliphatic carbocycles. The number of hydrogen-bond acceptors (Lipinski definition) is 5. The van der Waals surface area contributed by atoms with Crippen molar-refractivity contribution >= 4 is 17.4 Å². The first-order valence-corrected chi connectivity index (χ1v) is 11.8. The van der Waals surface area contributed by atoms with Gasteiger partial charge < -0.3 is 4.90 Å². The van der Waals surface area contributed by atoms with Crippen molar-refractivity contribution in [2.45, 2.75) is 20.8 Å². The number of hydrogen-bond donors (Lipinski definition) is 1. The molecule has 1 heterocycles. The molecule has 188 valence electrons. The number of aromatic amines is 1. The summed E-state index contributed by atoms with van der Waals surface area (Å²) < 4.78 is 1.37. The van der Waals surface area contributed by atoms with Crippen molar-refractivity contribution in [1.82, 2.24) is 14.7 Å². The molecule has 0 radical (unpaired) electrons. The van der Waals surface area contributed by atoms with Gasteiger partial charge in [-0.05, 0) is 50.1 Å². The number of nitrogens with one attached hydrogen (secondary N) is 1. The fraction of sp³-hybridized carbons (Fsp3) is 0.179. The average Bonchev–Trinajstić information content (AvgIpc) is 3.25. The monoisotopic (exact) mass is 498 g/mol. The summed E-state index contributed by atoms with van der Waals surface area (Å²) in [6, 6.07) is 19.9. The van der Waals surface area contributed by atoms with Crippen LogP contribution in [0.4, 0.5) is 5.69 Å². The van der Waals surface area contributed by atoms with Gasteiger partial charge in [-0.2, -0.15) is 0 Å². The van der Waals surface area contributed by atoms with Crippen LogP contribution in [0.2, 0.25) is 0 Å². The molecular formula is C28H26N4O5. The van der Waals surface area contributed by atoms with Crippen LogP contribution in [0.1, 0.15) is 38.8 Å². The van der Waals surface area contributed by atoms with Gasteiger partial charge in [0.1, 0.15) is 5.56 Å². The van der Waals surface area contributed by atoms with Gasteiger partial charge in [0.2, 0.25) is 0 Å². The van der Waals surface area contributed by atoms with E-state index in [1.807, 2.05) is 44.2 Å². The summed E-state index contributed by atoms with van der Waals surface area (Å²) in [6.07, 6.45) is 0. The van der Waals surface area contributed by atoms with Gasteiger partial charge >= 0.3 is 0 Å². The molecule has 9 nitrogen and oxygen atoms in total. The molecule has 0 atom stereocenters. The summed E-state index contributed by atoms with van der Waals surface area (Å²) in [4.78, 5) is 52.0. The van der Waals surface area contributed by atoms with E-state index < -0.39 is 22.2 Å². The van der Waals surface area contributed by atoms with Crippen LogP contribution in [-0.4, -0.2) is 44.4 Å². The maximum Gasteiger partial charge on any atom is 0.282 e. The van der Waals surface area contributed by atoms with Crippen LogP contribution >= 0.6 is 0 Å². The second-order valence-electron chi connectivity index (χ2n) is 8.63. The number of ketones is 1. The number of benzene rings is 3. The summed E-state index contributed by atoms with van der Waals surface area (Å²) in [5, 5.41) is 14.0. The predicted octanol–water partition coefficient (Wildman–Crippen LogP) is 4.70. The fourth-order valence-corrected chi connectivity index (χ4v) is 4.14. The number of H-pyrrole nitrogens is 1. The molecule has 0 fully saturated rings. The van der Waals surface area contributed by atoms with E-state index in [1.165, 1.54) is 33.8 Å². The van der Waals surface area contributed by atoms with Crippen LogP contribution in [0.5, 0.6) is 0 Å². The number of rotatable bonds is 8. The van der Waals surface area contributed by atoms with Crippen molar-refractivity contribution in [3.05, 3.63) is 116 Å². The van der Waals surface area contributed by atoms with Crippen molar-refractivity contribution < 1.29 is 14.5 Å². The van der Waals surface area contributed by atoms with Gasteiger partial charge in [0.25, 0.3) is 17.2 Å². The highest BCUT2D eigenvalue weighted by Crippen LogP contribution is 2.23. The SMILES string of the molecule is CCN(CC(=O)c1c(-c2ccccc2)[nH]n(-c2cccc(C)c2C)c1=O)C(=O)c1ccc([N+](=O)[O-])cc1. The van der Waals surface area contributed by atoms with Gasteiger partial charge in [-0.25, -0.2) is 4.68 Å². The largest absolute Gasteiger partial charge is 0.331 e. The van der Waals surface area contributed by atoms with E-state index in [-0.39, 0.29) is 29.9 Å². The lowest BCUT2D eigenvalue weighted by molar-refractivity contribution is -0.384. The molecule has 0 spiro atoms. The van der Waals surface area contributed by atoms with E-state index in [2.05, 4.69) is 5.10 Å². The summed E-state index contributed by atoms with van der Waals surface area (Å²) in [6.45, 7) is 5.45. The quantitative estimate of drug-likeness (QED) is 0.215. The number of non-ortho nitro benzene ring substituents is 1. The van der Waals surface area contributed by atoms with E-state index in [4.69, 9.17) is 0 Å². The second kappa shape index (κ2) is 10.4. The van der Waals surface area contributed by atoms with Gasteiger partial charge in [-0.1, -0.05) is 42.5 Å². The molecule has 0 unspecified atom stereocenters. The second-order valence-corrected chi connectivity index (χ2v) is 8.63. The number of nitro benzene ring substituents is 1. The molecule has 4 aromatic rings. The number of aryl methyl sites for hydroxylation is 1. The van der Waals surface area contributed by atoms with Crippen molar-refractivity contribution in [2.75, 3.05) is 13.1 Å². The number of carbonyl (C=O) groups is 2. The standard InChI is InChI=1S/C28H26N4O5/c1-4-30(27(34)21-13-15-22(16-14-21)32(36)37)17-24(33)25-26(20-10-6-5-7-11-20)29-31(28(25)35)23-12-8-9-18(2)19(23)3/h5-16,29H,4,17H2,1-3H3. The third-order valence-electron chi connectivity index (χ3n) is 6.38. The smallest absolute Gasteiger partial charge is 0.282 e. The molecule has 0 aliphatic heterocycles. The highest BCUT2D eigenvalue weighted by Gasteiger charge is 2.27. The van der Waals surface area contributed by atoms with E-state index in [0.717, 1.165) is 11.1 Å². The average molecular weight is 499 g/mol. The zero-order chi connectivity index (χ0) is 26.7. The molecule has 3 aromatic carbocycles. The molecule has 0 aliphatic rings. The highest BCUT2D eigenvalue weighted by molar-refractivity contribution is 6.05. The van der Waals surface area contributed by atoms with Crippen LogP contribution < -0.4 is 5.56 Å². The number of likely N-dealkylation sites (N-methyl/N-ethyl adjacent to an activating group) is 1. The molecule has 1 aromatic heterocycles. The molecule has 0 saturated carbocycles. The lowest BCUT2D eigenvalue weighted by atomic mass is 10.0. The molecule has 9 heteroatoms. The zero-order valence-electron chi connectivity index (χ0n) is 20.7. The Labute approximate surface area is 213 Å². The van der Waals surface area contributed by atoms with Gasteiger partial charge in [0.05, 0.1) is 22.8 Å². The van der Waals surface area contributed by atoms with Gasteiger partial charge in [-0.3, -0.25) is 29.6 Å². The molecule has 0 bridgehead atoms. The van der Waals surface area contributed by atoms with Crippen LogP contribution in [-0.2, 0) is 0 Å². The topological polar surface area (TPSA) is 118 Å². The third kappa shape index (κ3) is 4.97. The minimum absolute atomic E-state index is 0.0398. The first-order valence-electron chi connectivity index (χ1n) is 11.8. The van der Waals surface area contributed by atoms with Crippen molar-refractivity contribution in [3.63, 3.8) is 0 Å². The van der Waals surface area contributed by atoms with Crippen LogP contribution in [0.3, 0.4) is 0 Å². The summed E-state index contributed by atoms with van der Waals surface area (Å²) >= 11 is 0. The highest BCUT2D eigenvalue weighted by atomic mass is 16.6. The Morgan fingerprint density at radius 3 is 2.27 bits per heavy atom. The normalized spacial score (nSPS) is 10.8. The summed E-state index contributed by atoms with van der Waals surface area (Å²) in [7, 11) is 0. The lowest BCUT2D eigenvalue weighted by Gasteiger charge is -2.20. The molecule has 1 amide bonds. The minimum Gasteiger partial charge on any atom is -0.331 e. The molecule has 4 rings (SSSR count). The number of nitrogens with zero attached hydrogens (tertiary/aromatic N) is 3. The van der Waals surface area contributed by atoms with Crippen LogP contribution in [0.25, 0.3) is 16.9 Å². The fourth-order valence-electron chi connectivity index (χ4n) is 4.14. The number of carbonyl (C=O) groups excluding carboxylic acids is 2. The number of Topliss-reactive ketones (excluding diaryl/α,β-unsaturated/α-hetero) is 1. The number of amides is 1. The van der Waals surface area contributed by atoms with Crippen molar-refractivity contribution in [1.29, 1.82) is 0 Å². The van der Waals surface area contributed by atoms with Gasteiger partial charge in [-0.15, -0.1) is 0 Å². The van der Waals surface area contributed by atoms with Crippen molar-refractivity contribution in [2.24, 2.45) is 0 Å². The maximum absolute atomic E-state index is 13.6. The zero-order valence-corrected chi connectivity index (χ0v) is 20.7. The Morgan fingerprint density at radius 2 is 1.65 bits per heavy atom. The Bertz CT molecular complexity index is 1540. The number of aromatic nitrogens is 2. The third-order valence-corrected chi connectivity index (χ3v) is 6.38. The first kappa shape index (κ1) is 25.3. The molecule has 37 heavy (non-hydrogen) atoms. The maximum atomic E-state index is 13.6. The Hall–Kier alpha value is -4.79. The Morgan fingerprint density at radius 1 is 0.973 bits per heavy atom. The molecular weight excluding hydrogens is 472 g/mol. The Kier molecular flexibility index (Phi) is 7.15. The van der Waals surface area contributed by atoms with E-state index in [9.17, 15) is 24.5 Å². The van der Waals surface area contributed by atoms with E-state index in [0.29, 0.717) is 16.9 Å². The number of nitro groups is 1.